The standard InChI is InChI=1S/C18H19ClN4OS/c1-23-17(15(19)10-21-23)13-8-16(25-11-13)18(24)22-14(9-20)7-12-5-3-2-4-6-12/h2-6,8,10-11,14H,7,9,20H2,1H3,(H,22,24). The Labute approximate surface area is 155 Å². The minimum absolute atomic E-state index is 0.110. The van der Waals surface area contributed by atoms with Crippen molar-refractivity contribution in [2.45, 2.75) is 12.5 Å². The van der Waals surface area contributed by atoms with Gasteiger partial charge in [-0.1, -0.05) is 41.9 Å². The Bertz CT molecular complexity index is 840. The zero-order chi connectivity index (χ0) is 17.8. The van der Waals surface area contributed by atoms with Crippen molar-refractivity contribution in [3.63, 3.8) is 0 Å². The van der Waals surface area contributed by atoms with E-state index in [9.17, 15) is 4.79 Å². The zero-order valence-electron chi connectivity index (χ0n) is 13.8. The van der Waals surface area contributed by atoms with Gasteiger partial charge in [0.2, 0.25) is 0 Å². The number of carbonyl (C=O) groups is 1. The first-order valence-electron chi connectivity index (χ1n) is 7.89. The van der Waals surface area contributed by atoms with Gasteiger partial charge < -0.3 is 11.1 Å². The Kier molecular flexibility index (Phi) is 5.53. The van der Waals surface area contributed by atoms with Crippen LogP contribution in [0.1, 0.15) is 15.2 Å². The highest BCUT2D eigenvalue weighted by Gasteiger charge is 2.17. The predicted molar refractivity (Wildman–Crippen MR) is 102 cm³/mol. The molecule has 1 atom stereocenters. The number of nitrogens with one attached hydrogen (secondary N) is 1. The monoisotopic (exact) mass is 374 g/mol. The number of aryl methyl sites for hydroxylation is 1. The summed E-state index contributed by atoms with van der Waals surface area (Å²) in [4.78, 5) is 13.2. The Morgan fingerprint density at radius 3 is 2.80 bits per heavy atom. The van der Waals surface area contributed by atoms with Crippen LogP contribution in [0.2, 0.25) is 5.02 Å². The van der Waals surface area contributed by atoms with Gasteiger partial charge in [0, 0.05) is 30.6 Å². The number of carbonyl (C=O) groups excluding carboxylic acids is 1. The third-order valence-corrected chi connectivity index (χ3v) is 5.14. The third-order valence-electron chi connectivity index (χ3n) is 3.94. The van der Waals surface area contributed by atoms with E-state index in [1.54, 1.807) is 10.9 Å². The maximum Gasteiger partial charge on any atom is 0.261 e. The number of nitrogens with two attached hydrogens (primary N) is 1. The molecular formula is C18H19ClN4OS. The molecule has 25 heavy (non-hydrogen) atoms. The second-order valence-electron chi connectivity index (χ2n) is 5.76. The van der Waals surface area contributed by atoms with E-state index < -0.39 is 0 Å². The van der Waals surface area contributed by atoms with Crippen molar-refractivity contribution in [3.05, 3.63) is 63.4 Å². The number of halogens is 1. The average Bonchev–Trinajstić information content (AvgIpc) is 3.22. The van der Waals surface area contributed by atoms with Crippen LogP contribution in [0.3, 0.4) is 0 Å². The Balaban J connectivity index is 1.71. The van der Waals surface area contributed by atoms with Crippen LogP contribution in [-0.4, -0.2) is 28.3 Å². The van der Waals surface area contributed by atoms with Crippen molar-refractivity contribution < 1.29 is 4.79 Å². The summed E-state index contributed by atoms with van der Waals surface area (Å²) in [6.45, 7) is 0.381. The first kappa shape index (κ1) is 17.7. The molecule has 3 rings (SSSR count). The van der Waals surface area contributed by atoms with E-state index in [1.165, 1.54) is 11.3 Å². The SMILES string of the molecule is Cn1ncc(Cl)c1-c1csc(C(=O)NC(CN)Cc2ccccc2)c1. The summed E-state index contributed by atoms with van der Waals surface area (Å²) in [7, 11) is 1.82. The smallest absolute Gasteiger partial charge is 0.261 e. The summed E-state index contributed by atoms with van der Waals surface area (Å²) in [6, 6.07) is 11.7. The molecule has 0 aliphatic carbocycles. The fourth-order valence-corrected chi connectivity index (χ4v) is 3.73. The summed E-state index contributed by atoms with van der Waals surface area (Å²) < 4.78 is 1.70. The highest BCUT2D eigenvalue weighted by molar-refractivity contribution is 7.12. The fourth-order valence-electron chi connectivity index (χ4n) is 2.66. The van der Waals surface area contributed by atoms with Crippen LogP contribution < -0.4 is 11.1 Å². The summed E-state index contributed by atoms with van der Waals surface area (Å²) in [5, 5.41) is 9.61. The van der Waals surface area contributed by atoms with E-state index in [-0.39, 0.29) is 11.9 Å². The molecule has 0 saturated carbocycles. The molecule has 0 bridgehead atoms. The van der Waals surface area contributed by atoms with Crippen molar-refractivity contribution in [2.24, 2.45) is 12.8 Å². The van der Waals surface area contributed by atoms with Gasteiger partial charge in [-0.25, -0.2) is 0 Å². The summed E-state index contributed by atoms with van der Waals surface area (Å²) in [5.74, 6) is -0.124. The fraction of sp³-hybridized carbons (Fsp3) is 0.222. The number of rotatable bonds is 6. The first-order chi connectivity index (χ1) is 12.1. The van der Waals surface area contributed by atoms with Crippen molar-refractivity contribution in [2.75, 3.05) is 6.54 Å². The molecule has 0 aliphatic heterocycles. The molecule has 0 spiro atoms. The number of benzene rings is 1. The molecule has 2 aromatic heterocycles. The van der Waals surface area contributed by atoms with Gasteiger partial charge in [-0.3, -0.25) is 9.48 Å². The normalized spacial score (nSPS) is 12.1. The second-order valence-corrected chi connectivity index (χ2v) is 7.08. The van der Waals surface area contributed by atoms with E-state index in [4.69, 9.17) is 17.3 Å². The first-order valence-corrected chi connectivity index (χ1v) is 9.15. The summed E-state index contributed by atoms with van der Waals surface area (Å²) >= 11 is 7.55. The molecule has 0 aliphatic rings. The van der Waals surface area contributed by atoms with Crippen LogP contribution in [0.4, 0.5) is 0 Å². The van der Waals surface area contributed by atoms with Crippen LogP contribution in [0.15, 0.2) is 48.0 Å². The molecule has 130 valence electrons. The van der Waals surface area contributed by atoms with Gasteiger partial charge in [0.25, 0.3) is 5.91 Å². The molecule has 2 heterocycles. The molecule has 0 saturated heterocycles. The Hall–Kier alpha value is -2.15. The number of aromatic nitrogens is 2. The molecule has 7 heteroatoms. The zero-order valence-corrected chi connectivity index (χ0v) is 15.3. The topological polar surface area (TPSA) is 72.9 Å². The number of amides is 1. The van der Waals surface area contributed by atoms with Gasteiger partial charge in [0.15, 0.2) is 0 Å². The lowest BCUT2D eigenvalue weighted by Crippen LogP contribution is -2.41. The van der Waals surface area contributed by atoms with E-state index >= 15 is 0 Å². The molecule has 1 aromatic carbocycles. The highest BCUT2D eigenvalue weighted by Crippen LogP contribution is 2.30. The van der Waals surface area contributed by atoms with Gasteiger partial charge in [-0.05, 0) is 18.1 Å². The van der Waals surface area contributed by atoms with Gasteiger partial charge >= 0.3 is 0 Å². The van der Waals surface area contributed by atoms with E-state index in [0.717, 1.165) is 16.8 Å². The largest absolute Gasteiger partial charge is 0.347 e. The third kappa shape index (κ3) is 4.10. The quantitative estimate of drug-likeness (QED) is 0.696. The number of thiophene rings is 1. The van der Waals surface area contributed by atoms with Crippen LogP contribution in [0.5, 0.6) is 0 Å². The number of hydrogen-bond acceptors (Lipinski definition) is 4. The number of hydrogen-bond donors (Lipinski definition) is 2. The van der Waals surface area contributed by atoms with Crippen molar-refractivity contribution in [1.29, 1.82) is 0 Å². The molecule has 1 unspecified atom stereocenters. The lowest BCUT2D eigenvalue weighted by Gasteiger charge is -2.16. The maximum absolute atomic E-state index is 12.5. The second kappa shape index (κ2) is 7.82. The van der Waals surface area contributed by atoms with Gasteiger partial charge in [-0.15, -0.1) is 11.3 Å². The van der Waals surface area contributed by atoms with Crippen LogP contribution in [0.25, 0.3) is 11.3 Å². The lowest BCUT2D eigenvalue weighted by molar-refractivity contribution is 0.0942. The summed E-state index contributed by atoms with van der Waals surface area (Å²) in [5.41, 5.74) is 8.66. The number of nitrogens with zero attached hydrogens (tertiary/aromatic N) is 2. The van der Waals surface area contributed by atoms with Crippen LogP contribution >= 0.6 is 22.9 Å². The molecule has 5 nitrogen and oxygen atoms in total. The van der Waals surface area contributed by atoms with Gasteiger partial charge in [-0.2, -0.15) is 5.10 Å². The van der Waals surface area contributed by atoms with Gasteiger partial charge in [0.05, 0.1) is 21.8 Å². The average molecular weight is 375 g/mol. The van der Waals surface area contributed by atoms with E-state index in [1.807, 2.05) is 48.8 Å². The molecule has 0 radical (unpaired) electrons. The highest BCUT2D eigenvalue weighted by atomic mass is 35.5. The van der Waals surface area contributed by atoms with E-state index in [2.05, 4.69) is 10.4 Å². The van der Waals surface area contributed by atoms with Gasteiger partial charge in [0.1, 0.15) is 0 Å². The molecule has 3 N–H and O–H groups in total. The molecular weight excluding hydrogens is 356 g/mol. The maximum atomic E-state index is 12.5. The Morgan fingerprint density at radius 1 is 1.40 bits per heavy atom. The minimum atomic E-state index is -0.124. The molecule has 0 fully saturated rings. The van der Waals surface area contributed by atoms with Crippen molar-refractivity contribution in [1.82, 2.24) is 15.1 Å². The minimum Gasteiger partial charge on any atom is -0.347 e. The Morgan fingerprint density at radius 2 is 2.16 bits per heavy atom. The van der Waals surface area contributed by atoms with Crippen molar-refractivity contribution in [3.8, 4) is 11.3 Å². The predicted octanol–water partition coefficient (Wildman–Crippen LogP) is 3.10. The van der Waals surface area contributed by atoms with Crippen LogP contribution in [0, 0.1) is 0 Å². The molecule has 3 aromatic rings. The molecule has 1 amide bonds. The van der Waals surface area contributed by atoms with Crippen molar-refractivity contribution >= 4 is 28.8 Å². The van der Waals surface area contributed by atoms with E-state index in [0.29, 0.717) is 22.9 Å². The lowest BCUT2D eigenvalue weighted by atomic mass is 10.1. The summed E-state index contributed by atoms with van der Waals surface area (Å²) in [6.07, 6.45) is 2.30. The van der Waals surface area contributed by atoms with Crippen LogP contribution in [-0.2, 0) is 13.5 Å².